The summed E-state index contributed by atoms with van der Waals surface area (Å²) in [5.41, 5.74) is 2.23. The van der Waals surface area contributed by atoms with Gasteiger partial charge in [0.05, 0.1) is 23.5 Å². The summed E-state index contributed by atoms with van der Waals surface area (Å²) in [4.78, 5) is 45.1. The molecule has 0 aliphatic carbocycles. The molecule has 0 atom stereocenters. The second-order valence-electron chi connectivity index (χ2n) is 8.13. The van der Waals surface area contributed by atoms with E-state index in [1.807, 2.05) is 13.8 Å². The van der Waals surface area contributed by atoms with Gasteiger partial charge >= 0.3 is 6.03 Å². The number of aromatic nitrogens is 1. The third-order valence-corrected chi connectivity index (χ3v) is 6.42. The smallest absolute Gasteiger partial charge is 0.325 e. The number of carbonyl (C=O) groups is 3. The number of rotatable bonds is 5. The van der Waals surface area contributed by atoms with E-state index in [-0.39, 0.29) is 17.9 Å². The van der Waals surface area contributed by atoms with Gasteiger partial charge in [-0.2, -0.15) is 0 Å². The number of halogens is 1. The molecule has 0 bridgehead atoms. The molecule has 3 aromatic rings. The molecular weight excluding hydrogens is 474 g/mol. The van der Waals surface area contributed by atoms with Gasteiger partial charge in [0.2, 0.25) is 0 Å². The summed E-state index contributed by atoms with van der Waals surface area (Å²) < 4.78 is 0. The van der Waals surface area contributed by atoms with Crippen LogP contribution in [0.5, 0.6) is 0 Å². The number of urea groups is 1. The molecular formula is C24H24ClN5O3S. The number of amides is 4. The number of hydrogen-bond donors (Lipinski definition) is 3. The average molecular weight is 498 g/mol. The molecule has 0 unspecified atom stereocenters. The maximum Gasteiger partial charge on any atom is 0.325 e. The van der Waals surface area contributed by atoms with Gasteiger partial charge in [0.25, 0.3) is 11.8 Å². The first-order valence-corrected chi connectivity index (χ1v) is 12.0. The molecule has 4 amide bonds. The monoisotopic (exact) mass is 497 g/mol. The molecule has 3 N–H and O–H groups in total. The molecule has 0 radical (unpaired) electrons. The Bertz CT molecular complexity index is 1230. The van der Waals surface area contributed by atoms with Crippen LogP contribution in [-0.2, 0) is 13.0 Å². The molecule has 1 aromatic heterocycles. The van der Waals surface area contributed by atoms with Crippen molar-refractivity contribution in [2.75, 3.05) is 17.2 Å². The SMILES string of the molecule is CC(C)NC(=O)c1ccccc1NC(=O)Nc1nc2c(s1)CN(C(=O)c1ccc(Cl)cc1)CC2. The van der Waals surface area contributed by atoms with Crippen LogP contribution >= 0.6 is 22.9 Å². The quantitative estimate of drug-likeness (QED) is 0.472. The van der Waals surface area contributed by atoms with E-state index in [1.54, 1.807) is 53.4 Å². The molecule has 0 saturated carbocycles. The first-order chi connectivity index (χ1) is 16.3. The molecule has 0 spiro atoms. The van der Waals surface area contributed by atoms with E-state index in [0.717, 1.165) is 10.6 Å². The third-order valence-electron chi connectivity index (χ3n) is 5.17. The van der Waals surface area contributed by atoms with Crippen molar-refractivity contribution in [1.29, 1.82) is 0 Å². The Morgan fingerprint density at radius 1 is 1.06 bits per heavy atom. The van der Waals surface area contributed by atoms with Gasteiger partial charge in [-0.3, -0.25) is 14.9 Å². The first-order valence-electron chi connectivity index (χ1n) is 10.8. The van der Waals surface area contributed by atoms with Crippen LogP contribution in [0, 0.1) is 0 Å². The fourth-order valence-electron chi connectivity index (χ4n) is 3.58. The summed E-state index contributed by atoms with van der Waals surface area (Å²) in [6.07, 6.45) is 0.604. The minimum Gasteiger partial charge on any atom is -0.350 e. The number of fused-ring (bicyclic) bond motifs is 1. The summed E-state index contributed by atoms with van der Waals surface area (Å²) in [6, 6.07) is 13.1. The first kappa shape index (κ1) is 23.7. The fraction of sp³-hybridized carbons (Fsp3) is 0.250. The zero-order valence-corrected chi connectivity index (χ0v) is 20.3. The maximum absolute atomic E-state index is 12.8. The van der Waals surface area contributed by atoms with Crippen molar-refractivity contribution in [3.63, 3.8) is 0 Å². The lowest BCUT2D eigenvalue weighted by Gasteiger charge is -2.26. The van der Waals surface area contributed by atoms with Crippen LogP contribution in [0.3, 0.4) is 0 Å². The highest BCUT2D eigenvalue weighted by Gasteiger charge is 2.25. The Balaban J connectivity index is 1.41. The molecule has 1 aliphatic rings. The van der Waals surface area contributed by atoms with Crippen LogP contribution in [0.4, 0.5) is 15.6 Å². The number of carbonyl (C=O) groups excluding carboxylic acids is 3. The second kappa shape index (κ2) is 10.2. The van der Waals surface area contributed by atoms with Gasteiger partial charge in [-0.1, -0.05) is 35.1 Å². The summed E-state index contributed by atoms with van der Waals surface area (Å²) in [5.74, 6) is -0.333. The van der Waals surface area contributed by atoms with E-state index >= 15 is 0 Å². The zero-order valence-electron chi connectivity index (χ0n) is 18.7. The van der Waals surface area contributed by atoms with Crippen LogP contribution < -0.4 is 16.0 Å². The van der Waals surface area contributed by atoms with Crippen molar-refractivity contribution in [3.05, 3.63) is 75.3 Å². The predicted octanol–water partition coefficient (Wildman–Crippen LogP) is 4.78. The molecule has 0 fully saturated rings. The molecule has 34 heavy (non-hydrogen) atoms. The molecule has 0 saturated heterocycles. The summed E-state index contributed by atoms with van der Waals surface area (Å²) in [6.45, 7) is 4.71. The minimum absolute atomic E-state index is 0.0258. The number of hydrogen-bond acceptors (Lipinski definition) is 5. The average Bonchev–Trinajstić information content (AvgIpc) is 3.20. The second-order valence-corrected chi connectivity index (χ2v) is 9.65. The topological polar surface area (TPSA) is 103 Å². The number of thiazole rings is 1. The standard InChI is InChI=1S/C24H24ClN5O3S/c1-14(2)26-21(31)17-5-3-4-6-18(17)27-23(33)29-24-28-19-11-12-30(13-20(19)34-24)22(32)15-7-9-16(25)10-8-15/h3-10,14H,11-13H2,1-2H3,(H,26,31)(H2,27,28,29,33). The summed E-state index contributed by atoms with van der Waals surface area (Å²) in [7, 11) is 0. The lowest BCUT2D eigenvalue weighted by atomic mass is 10.1. The lowest BCUT2D eigenvalue weighted by Crippen LogP contribution is -2.35. The van der Waals surface area contributed by atoms with Gasteiger partial charge in [0.1, 0.15) is 0 Å². The number of benzene rings is 2. The molecule has 4 rings (SSSR count). The van der Waals surface area contributed by atoms with Crippen molar-refractivity contribution in [3.8, 4) is 0 Å². The summed E-state index contributed by atoms with van der Waals surface area (Å²) in [5, 5.41) is 9.31. The third kappa shape index (κ3) is 5.55. The largest absolute Gasteiger partial charge is 0.350 e. The Morgan fingerprint density at radius 3 is 2.53 bits per heavy atom. The zero-order chi connectivity index (χ0) is 24.2. The molecule has 8 nitrogen and oxygen atoms in total. The number of anilines is 2. The van der Waals surface area contributed by atoms with Crippen molar-refractivity contribution < 1.29 is 14.4 Å². The van der Waals surface area contributed by atoms with Crippen LogP contribution in [0.15, 0.2) is 48.5 Å². The predicted molar refractivity (Wildman–Crippen MR) is 134 cm³/mol. The Labute approximate surface area is 206 Å². The van der Waals surface area contributed by atoms with Gasteiger partial charge in [0, 0.05) is 34.5 Å². The minimum atomic E-state index is -0.495. The van der Waals surface area contributed by atoms with Crippen LogP contribution in [0.25, 0.3) is 0 Å². The number of nitrogens with zero attached hydrogens (tertiary/aromatic N) is 2. The molecule has 1 aliphatic heterocycles. The Hall–Kier alpha value is -3.43. The number of para-hydroxylation sites is 1. The van der Waals surface area contributed by atoms with Crippen LogP contribution in [0.1, 0.15) is 45.1 Å². The Kier molecular flexibility index (Phi) is 7.14. The van der Waals surface area contributed by atoms with E-state index in [9.17, 15) is 14.4 Å². The van der Waals surface area contributed by atoms with E-state index in [1.165, 1.54) is 11.3 Å². The van der Waals surface area contributed by atoms with E-state index < -0.39 is 6.03 Å². The molecule has 176 valence electrons. The lowest BCUT2D eigenvalue weighted by molar-refractivity contribution is 0.0736. The van der Waals surface area contributed by atoms with Gasteiger partial charge in [-0.05, 0) is 50.2 Å². The van der Waals surface area contributed by atoms with E-state index in [4.69, 9.17) is 11.6 Å². The Morgan fingerprint density at radius 2 is 1.79 bits per heavy atom. The van der Waals surface area contributed by atoms with Crippen LogP contribution in [-0.4, -0.2) is 40.3 Å². The van der Waals surface area contributed by atoms with Crippen LogP contribution in [0.2, 0.25) is 5.02 Å². The highest BCUT2D eigenvalue weighted by atomic mass is 35.5. The van der Waals surface area contributed by atoms with E-state index in [2.05, 4.69) is 20.9 Å². The maximum atomic E-state index is 12.8. The normalized spacial score (nSPS) is 12.8. The van der Waals surface area contributed by atoms with Crippen molar-refractivity contribution in [2.24, 2.45) is 0 Å². The van der Waals surface area contributed by atoms with Gasteiger partial charge in [0.15, 0.2) is 5.13 Å². The van der Waals surface area contributed by atoms with Gasteiger partial charge < -0.3 is 15.5 Å². The van der Waals surface area contributed by atoms with Gasteiger partial charge in [-0.15, -0.1) is 0 Å². The van der Waals surface area contributed by atoms with Crippen molar-refractivity contribution in [1.82, 2.24) is 15.2 Å². The van der Waals surface area contributed by atoms with E-state index in [0.29, 0.717) is 46.5 Å². The fourth-order valence-corrected chi connectivity index (χ4v) is 4.72. The summed E-state index contributed by atoms with van der Waals surface area (Å²) >= 11 is 7.25. The highest BCUT2D eigenvalue weighted by Crippen LogP contribution is 2.29. The highest BCUT2D eigenvalue weighted by molar-refractivity contribution is 7.15. The molecule has 10 heteroatoms. The van der Waals surface area contributed by atoms with Crippen molar-refractivity contribution in [2.45, 2.75) is 32.9 Å². The molecule has 2 aromatic carbocycles. The van der Waals surface area contributed by atoms with Gasteiger partial charge in [-0.25, -0.2) is 9.78 Å². The number of nitrogens with one attached hydrogen (secondary N) is 3. The molecule has 2 heterocycles. The van der Waals surface area contributed by atoms with Crippen molar-refractivity contribution >= 4 is 51.6 Å².